The van der Waals surface area contributed by atoms with E-state index in [1.807, 2.05) is 6.92 Å². The summed E-state index contributed by atoms with van der Waals surface area (Å²) >= 11 is 0. The first kappa shape index (κ1) is 13.5. The Hall–Kier alpha value is -1.59. The number of aliphatic carboxylic acids is 2. The van der Waals surface area contributed by atoms with Crippen LogP contribution >= 0.6 is 0 Å². The average molecular weight is 243 g/mol. The number of nitrogens with one attached hydrogen (secondary N) is 1. The van der Waals surface area contributed by atoms with Crippen molar-refractivity contribution < 1.29 is 24.6 Å². The second-order valence-corrected chi connectivity index (χ2v) is 4.56. The molecule has 0 aromatic rings. The molecule has 0 radical (unpaired) electrons. The topological polar surface area (TPSA) is 104 Å². The third-order valence-electron chi connectivity index (χ3n) is 3.09. The minimum absolute atomic E-state index is 0.0470. The molecule has 0 aromatic heterocycles. The molecule has 3 atom stereocenters. The van der Waals surface area contributed by atoms with Crippen LogP contribution in [-0.4, -0.2) is 34.6 Å². The smallest absolute Gasteiger partial charge is 0.307 e. The first-order chi connectivity index (χ1) is 7.91. The molecule has 96 valence electrons. The standard InChI is InChI=1S/C11H17NO5/c1-6-4-7(8(5-6)11(16)17)10(15)12-3-2-9(13)14/h6-8H,2-5H2,1H3,(H,12,15)(H,13,14)(H,16,17)/t6?,7-,8+/m0/s1. The van der Waals surface area contributed by atoms with Crippen LogP contribution in [0.3, 0.4) is 0 Å². The maximum absolute atomic E-state index is 11.7. The zero-order chi connectivity index (χ0) is 13.0. The summed E-state index contributed by atoms with van der Waals surface area (Å²) in [6, 6.07) is 0. The average Bonchev–Trinajstić information content (AvgIpc) is 2.59. The van der Waals surface area contributed by atoms with E-state index in [-0.39, 0.29) is 24.8 Å². The highest BCUT2D eigenvalue weighted by Crippen LogP contribution is 2.36. The van der Waals surface area contributed by atoms with E-state index in [2.05, 4.69) is 5.32 Å². The minimum Gasteiger partial charge on any atom is -0.481 e. The fourth-order valence-corrected chi connectivity index (χ4v) is 2.28. The van der Waals surface area contributed by atoms with Gasteiger partial charge in [-0.05, 0) is 18.8 Å². The van der Waals surface area contributed by atoms with Crippen molar-refractivity contribution in [3.63, 3.8) is 0 Å². The fraction of sp³-hybridized carbons (Fsp3) is 0.727. The van der Waals surface area contributed by atoms with E-state index in [9.17, 15) is 14.4 Å². The molecule has 1 saturated carbocycles. The van der Waals surface area contributed by atoms with Crippen molar-refractivity contribution in [3.8, 4) is 0 Å². The van der Waals surface area contributed by atoms with Crippen LogP contribution in [0.2, 0.25) is 0 Å². The van der Waals surface area contributed by atoms with E-state index in [1.165, 1.54) is 0 Å². The van der Waals surface area contributed by atoms with E-state index in [0.29, 0.717) is 12.8 Å². The zero-order valence-corrected chi connectivity index (χ0v) is 9.68. The van der Waals surface area contributed by atoms with Crippen LogP contribution in [0.5, 0.6) is 0 Å². The summed E-state index contributed by atoms with van der Waals surface area (Å²) in [5, 5.41) is 19.9. The van der Waals surface area contributed by atoms with Gasteiger partial charge in [-0.3, -0.25) is 14.4 Å². The Morgan fingerprint density at radius 1 is 1.18 bits per heavy atom. The number of hydrogen-bond donors (Lipinski definition) is 3. The third-order valence-corrected chi connectivity index (χ3v) is 3.09. The minimum atomic E-state index is -0.986. The van der Waals surface area contributed by atoms with Crippen molar-refractivity contribution in [1.82, 2.24) is 5.32 Å². The Balaban J connectivity index is 2.49. The Bertz CT molecular complexity index is 328. The molecule has 0 bridgehead atoms. The summed E-state index contributed by atoms with van der Waals surface area (Å²) in [5.74, 6) is -3.24. The molecular weight excluding hydrogens is 226 g/mol. The second kappa shape index (κ2) is 5.65. The van der Waals surface area contributed by atoms with Crippen LogP contribution in [0.15, 0.2) is 0 Å². The highest BCUT2D eigenvalue weighted by Gasteiger charge is 2.40. The Morgan fingerprint density at radius 3 is 2.29 bits per heavy atom. The van der Waals surface area contributed by atoms with Gasteiger partial charge in [-0.15, -0.1) is 0 Å². The number of carbonyl (C=O) groups is 3. The van der Waals surface area contributed by atoms with Gasteiger partial charge in [0.1, 0.15) is 0 Å². The van der Waals surface area contributed by atoms with Gasteiger partial charge in [0.2, 0.25) is 5.91 Å². The van der Waals surface area contributed by atoms with E-state index >= 15 is 0 Å². The van der Waals surface area contributed by atoms with Crippen molar-refractivity contribution in [3.05, 3.63) is 0 Å². The molecule has 0 aromatic carbocycles. The maximum atomic E-state index is 11.7. The van der Waals surface area contributed by atoms with E-state index in [0.717, 1.165) is 0 Å². The molecule has 3 N–H and O–H groups in total. The van der Waals surface area contributed by atoms with Crippen LogP contribution in [0.1, 0.15) is 26.2 Å². The van der Waals surface area contributed by atoms with Crippen molar-refractivity contribution in [2.24, 2.45) is 17.8 Å². The molecular formula is C11H17NO5. The molecule has 1 fully saturated rings. The predicted molar refractivity (Wildman–Crippen MR) is 58.3 cm³/mol. The van der Waals surface area contributed by atoms with Crippen LogP contribution < -0.4 is 5.32 Å². The quantitative estimate of drug-likeness (QED) is 0.645. The molecule has 1 aliphatic rings. The number of carboxylic acids is 2. The van der Waals surface area contributed by atoms with E-state index in [1.54, 1.807) is 0 Å². The van der Waals surface area contributed by atoms with Crippen molar-refractivity contribution >= 4 is 17.8 Å². The highest BCUT2D eigenvalue weighted by atomic mass is 16.4. The van der Waals surface area contributed by atoms with Gasteiger partial charge in [-0.1, -0.05) is 6.92 Å². The lowest BCUT2D eigenvalue weighted by Crippen LogP contribution is -2.36. The fourth-order valence-electron chi connectivity index (χ4n) is 2.28. The van der Waals surface area contributed by atoms with Gasteiger partial charge in [-0.2, -0.15) is 0 Å². The Labute approximate surface area is 99.0 Å². The van der Waals surface area contributed by atoms with Gasteiger partial charge in [0.15, 0.2) is 0 Å². The normalized spacial score (nSPS) is 27.7. The maximum Gasteiger partial charge on any atom is 0.307 e. The van der Waals surface area contributed by atoms with Gasteiger partial charge < -0.3 is 15.5 Å². The molecule has 0 saturated heterocycles. The number of carbonyl (C=O) groups excluding carboxylic acids is 1. The monoisotopic (exact) mass is 243 g/mol. The Kier molecular flexibility index (Phi) is 4.48. The number of carboxylic acid groups (broad SMARTS) is 2. The largest absolute Gasteiger partial charge is 0.481 e. The summed E-state index contributed by atoms with van der Waals surface area (Å²) in [6.07, 6.45) is 0.911. The molecule has 1 rings (SSSR count). The summed E-state index contributed by atoms with van der Waals surface area (Å²) < 4.78 is 0. The van der Waals surface area contributed by atoms with Crippen LogP contribution in [0.25, 0.3) is 0 Å². The van der Waals surface area contributed by atoms with Gasteiger partial charge in [0.05, 0.1) is 18.3 Å². The third kappa shape index (κ3) is 3.72. The molecule has 0 heterocycles. The van der Waals surface area contributed by atoms with Crippen LogP contribution in [-0.2, 0) is 14.4 Å². The van der Waals surface area contributed by atoms with Gasteiger partial charge in [0, 0.05) is 6.54 Å². The molecule has 6 heteroatoms. The highest BCUT2D eigenvalue weighted by molar-refractivity contribution is 5.85. The summed E-state index contributed by atoms with van der Waals surface area (Å²) in [5.41, 5.74) is 0. The zero-order valence-electron chi connectivity index (χ0n) is 9.68. The van der Waals surface area contributed by atoms with Crippen molar-refractivity contribution in [2.45, 2.75) is 26.2 Å². The molecule has 0 spiro atoms. The first-order valence-corrected chi connectivity index (χ1v) is 5.64. The SMILES string of the molecule is CC1C[C@H](C(=O)NCCC(=O)O)[C@H](C(=O)O)C1. The first-order valence-electron chi connectivity index (χ1n) is 5.64. The van der Waals surface area contributed by atoms with Gasteiger partial charge in [-0.25, -0.2) is 0 Å². The van der Waals surface area contributed by atoms with Crippen molar-refractivity contribution in [1.29, 1.82) is 0 Å². The summed E-state index contributed by atoms with van der Waals surface area (Å²) in [7, 11) is 0. The molecule has 6 nitrogen and oxygen atoms in total. The number of rotatable bonds is 5. The summed E-state index contributed by atoms with van der Waals surface area (Å²) in [6.45, 7) is 1.96. The lowest BCUT2D eigenvalue weighted by molar-refractivity contribution is -0.146. The number of hydrogen-bond acceptors (Lipinski definition) is 3. The lowest BCUT2D eigenvalue weighted by Gasteiger charge is -2.14. The van der Waals surface area contributed by atoms with Crippen LogP contribution in [0, 0.1) is 17.8 Å². The second-order valence-electron chi connectivity index (χ2n) is 4.56. The summed E-state index contributed by atoms with van der Waals surface area (Å²) in [4.78, 5) is 33.0. The lowest BCUT2D eigenvalue weighted by atomic mass is 9.95. The molecule has 1 unspecified atom stereocenters. The molecule has 1 aliphatic carbocycles. The van der Waals surface area contributed by atoms with Crippen LogP contribution in [0.4, 0.5) is 0 Å². The van der Waals surface area contributed by atoms with E-state index in [4.69, 9.17) is 10.2 Å². The number of amides is 1. The molecule has 0 aliphatic heterocycles. The molecule has 1 amide bonds. The predicted octanol–water partition coefficient (Wildman–Crippen LogP) is 0.324. The van der Waals surface area contributed by atoms with Gasteiger partial charge in [0.25, 0.3) is 0 Å². The van der Waals surface area contributed by atoms with E-state index < -0.39 is 23.8 Å². The van der Waals surface area contributed by atoms with Gasteiger partial charge >= 0.3 is 11.9 Å². The molecule has 17 heavy (non-hydrogen) atoms. The van der Waals surface area contributed by atoms with Crippen molar-refractivity contribution in [2.75, 3.05) is 6.54 Å². The Morgan fingerprint density at radius 2 is 1.76 bits per heavy atom.